The second kappa shape index (κ2) is 5.51. The highest BCUT2D eigenvalue weighted by Gasteiger charge is 2.13. The lowest BCUT2D eigenvalue weighted by molar-refractivity contribution is -0.117. The van der Waals surface area contributed by atoms with Gasteiger partial charge in [-0.15, -0.1) is 0 Å². The van der Waals surface area contributed by atoms with Crippen molar-refractivity contribution in [3.63, 3.8) is 0 Å². The molecule has 2 N–H and O–H groups in total. The van der Waals surface area contributed by atoms with E-state index in [9.17, 15) is 4.79 Å². The fraction of sp³-hybridized carbons (Fsp3) is 0.417. The van der Waals surface area contributed by atoms with E-state index in [2.05, 4.69) is 10.6 Å². The smallest absolute Gasteiger partial charge is 0.244 e. The molecule has 1 aromatic rings. The van der Waals surface area contributed by atoms with E-state index in [-0.39, 0.29) is 11.9 Å². The van der Waals surface area contributed by atoms with E-state index in [1.54, 1.807) is 18.4 Å². The summed E-state index contributed by atoms with van der Waals surface area (Å²) in [5.74, 6) is 0.627. The Labute approximate surface area is 94.7 Å². The van der Waals surface area contributed by atoms with Crippen molar-refractivity contribution in [2.45, 2.75) is 18.9 Å². The zero-order chi connectivity index (χ0) is 11.2. The van der Waals surface area contributed by atoms with Crippen LogP contribution >= 0.6 is 0 Å². The summed E-state index contributed by atoms with van der Waals surface area (Å²) in [4.78, 5) is 11.5. The van der Waals surface area contributed by atoms with E-state index in [0.717, 1.165) is 25.9 Å². The molecule has 1 saturated heterocycles. The fourth-order valence-electron chi connectivity index (χ4n) is 1.77. The maximum absolute atomic E-state index is 11.5. The SMILES string of the molecule is O=C(C=Cc1ccco1)NC1CCCNC1. The first-order valence-corrected chi connectivity index (χ1v) is 5.57. The lowest BCUT2D eigenvalue weighted by Gasteiger charge is -2.23. The summed E-state index contributed by atoms with van der Waals surface area (Å²) in [6.07, 6.45) is 6.93. The minimum Gasteiger partial charge on any atom is -0.465 e. The van der Waals surface area contributed by atoms with Gasteiger partial charge in [0, 0.05) is 18.7 Å². The second-order valence-corrected chi connectivity index (χ2v) is 3.90. The first kappa shape index (κ1) is 11.0. The third kappa shape index (κ3) is 3.24. The lowest BCUT2D eigenvalue weighted by Crippen LogP contribution is -2.45. The van der Waals surface area contributed by atoms with Gasteiger partial charge in [0.2, 0.25) is 5.91 Å². The highest BCUT2D eigenvalue weighted by atomic mass is 16.3. The van der Waals surface area contributed by atoms with Crippen LogP contribution in [0.1, 0.15) is 18.6 Å². The maximum atomic E-state index is 11.5. The van der Waals surface area contributed by atoms with Gasteiger partial charge in [0.25, 0.3) is 0 Å². The van der Waals surface area contributed by atoms with Gasteiger partial charge in [0.05, 0.1) is 6.26 Å². The third-order valence-corrected chi connectivity index (χ3v) is 2.59. The summed E-state index contributed by atoms with van der Waals surface area (Å²) in [6, 6.07) is 3.86. The Hall–Kier alpha value is -1.55. The minimum atomic E-state index is -0.0647. The van der Waals surface area contributed by atoms with Gasteiger partial charge in [-0.05, 0) is 37.6 Å². The molecule has 1 aromatic heterocycles. The number of carbonyl (C=O) groups excluding carboxylic acids is 1. The molecule has 2 rings (SSSR count). The number of rotatable bonds is 3. The number of carbonyl (C=O) groups is 1. The molecule has 4 nitrogen and oxygen atoms in total. The first-order valence-electron chi connectivity index (χ1n) is 5.57. The Balaban J connectivity index is 1.79. The number of hydrogen-bond donors (Lipinski definition) is 2. The van der Waals surface area contributed by atoms with Gasteiger partial charge in [-0.1, -0.05) is 0 Å². The zero-order valence-electron chi connectivity index (χ0n) is 9.11. The number of hydrogen-bond acceptors (Lipinski definition) is 3. The number of nitrogens with one attached hydrogen (secondary N) is 2. The molecule has 2 heterocycles. The fourth-order valence-corrected chi connectivity index (χ4v) is 1.77. The van der Waals surface area contributed by atoms with Crippen molar-refractivity contribution in [1.29, 1.82) is 0 Å². The number of furan rings is 1. The van der Waals surface area contributed by atoms with Gasteiger partial charge in [0.1, 0.15) is 5.76 Å². The van der Waals surface area contributed by atoms with Crippen molar-refractivity contribution in [1.82, 2.24) is 10.6 Å². The molecule has 1 aliphatic rings. The molecule has 0 radical (unpaired) electrons. The Kier molecular flexibility index (Phi) is 3.77. The lowest BCUT2D eigenvalue weighted by atomic mass is 10.1. The summed E-state index contributed by atoms with van der Waals surface area (Å²) in [6.45, 7) is 1.91. The molecule has 1 atom stereocenters. The summed E-state index contributed by atoms with van der Waals surface area (Å²) in [5.41, 5.74) is 0. The summed E-state index contributed by atoms with van der Waals surface area (Å²) >= 11 is 0. The van der Waals surface area contributed by atoms with Crippen molar-refractivity contribution in [2.75, 3.05) is 13.1 Å². The van der Waals surface area contributed by atoms with Crippen LogP contribution in [0.25, 0.3) is 6.08 Å². The van der Waals surface area contributed by atoms with Crippen LogP contribution in [0, 0.1) is 0 Å². The molecule has 1 unspecified atom stereocenters. The molecule has 0 aliphatic carbocycles. The number of amides is 1. The standard InChI is InChI=1S/C12H16N2O2/c15-12(6-5-11-4-2-8-16-11)14-10-3-1-7-13-9-10/h2,4-6,8,10,13H,1,3,7,9H2,(H,14,15). The topological polar surface area (TPSA) is 54.3 Å². The molecule has 0 bridgehead atoms. The number of piperidine rings is 1. The second-order valence-electron chi connectivity index (χ2n) is 3.90. The van der Waals surface area contributed by atoms with Gasteiger partial charge in [0.15, 0.2) is 0 Å². The van der Waals surface area contributed by atoms with Crippen LogP contribution in [0.15, 0.2) is 28.9 Å². The molecule has 0 saturated carbocycles. The van der Waals surface area contributed by atoms with Gasteiger partial charge >= 0.3 is 0 Å². The molecule has 86 valence electrons. The molecule has 1 amide bonds. The predicted molar refractivity (Wildman–Crippen MR) is 61.8 cm³/mol. The molecule has 16 heavy (non-hydrogen) atoms. The van der Waals surface area contributed by atoms with Crippen LogP contribution in [-0.4, -0.2) is 25.0 Å². The average molecular weight is 220 g/mol. The molecule has 0 aromatic carbocycles. The average Bonchev–Trinajstić information content (AvgIpc) is 2.81. The van der Waals surface area contributed by atoms with Crippen LogP contribution in [0.3, 0.4) is 0 Å². The van der Waals surface area contributed by atoms with Crippen molar-refractivity contribution in [3.8, 4) is 0 Å². The molecular weight excluding hydrogens is 204 g/mol. The van der Waals surface area contributed by atoms with Crippen LogP contribution in [0.2, 0.25) is 0 Å². The van der Waals surface area contributed by atoms with Gasteiger partial charge < -0.3 is 15.1 Å². The first-order chi connectivity index (χ1) is 7.84. The molecular formula is C12H16N2O2. The van der Waals surface area contributed by atoms with Crippen molar-refractivity contribution in [3.05, 3.63) is 30.2 Å². The Morgan fingerprint density at radius 1 is 1.62 bits per heavy atom. The van der Waals surface area contributed by atoms with Crippen molar-refractivity contribution in [2.24, 2.45) is 0 Å². The molecule has 0 spiro atoms. The summed E-state index contributed by atoms with van der Waals surface area (Å²) < 4.78 is 5.09. The Bertz CT molecular complexity index is 351. The molecule has 4 heteroatoms. The minimum absolute atomic E-state index is 0.0647. The summed E-state index contributed by atoms with van der Waals surface area (Å²) in [7, 11) is 0. The normalized spacial score (nSPS) is 21.1. The zero-order valence-corrected chi connectivity index (χ0v) is 9.11. The van der Waals surface area contributed by atoms with Crippen LogP contribution in [0.5, 0.6) is 0 Å². The van der Waals surface area contributed by atoms with Crippen LogP contribution < -0.4 is 10.6 Å². The van der Waals surface area contributed by atoms with Gasteiger partial charge in [-0.3, -0.25) is 4.79 Å². The van der Waals surface area contributed by atoms with E-state index >= 15 is 0 Å². The highest BCUT2D eigenvalue weighted by Crippen LogP contribution is 2.03. The largest absolute Gasteiger partial charge is 0.465 e. The predicted octanol–water partition coefficient (Wildman–Crippen LogP) is 1.16. The Morgan fingerprint density at radius 3 is 3.25 bits per heavy atom. The Morgan fingerprint density at radius 2 is 2.56 bits per heavy atom. The van der Waals surface area contributed by atoms with Crippen LogP contribution in [-0.2, 0) is 4.79 Å². The molecule has 1 fully saturated rings. The van der Waals surface area contributed by atoms with E-state index < -0.39 is 0 Å². The summed E-state index contributed by atoms with van der Waals surface area (Å²) in [5, 5.41) is 6.20. The maximum Gasteiger partial charge on any atom is 0.244 e. The van der Waals surface area contributed by atoms with E-state index in [0.29, 0.717) is 5.76 Å². The van der Waals surface area contributed by atoms with E-state index in [1.807, 2.05) is 6.07 Å². The third-order valence-electron chi connectivity index (χ3n) is 2.59. The molecule has 1 aliphatic heterocycles. The van der Waals surface area contributed by atoms with E-state index in [4.69, 9.17) is 4.42 Å². The van der Waals surface area contributed by atoms with Crippen molar-refractivity contribution < 1.29 is 9.21 Å². The monoisotopic (exact) mass is 220 g/mol. The quantitative estimate of drug-likeness (QED) is 0.752. The van der Waals surface area contributed by atoms with Gasteiger partial charge in [-0.25, -0.2) is 0 Å². The van der Waals surface area contributed by atoms with Gasteiger partial charge in [-0.2, -0.15) is 0 Å². The highest BCUT2D eigenvalue weighted by molar-refractivity contribution is 5.91. The van der Waals surface area contributed by atoms with Crippen molar-refractivity contribution >= 4 is 12.0 Å². The van der Waals surface area contributed by atoms with Crippen LogP contribution in [0.4, 0.5) is 0 Å². The van der Waals surface area contributed by atoms with E-state index in [1.165, 1.54) is 6.08 Å².